The molecule has 0 unspecified atom stereocenters. The second-order valence-electron chi connectivity index (χ2n) is 6.52. The molecule has 0 radical (unpaired) electrons. The predicted octanol–water partition coefficient (Wildman–Crippen LogP) is 3.75. The molecule has 2 aromatic rings. The molecule has 1 aromatic heterocycles. The first-order chi connectivity index (χ1) is 12.4. The van der Waals surface area contributed by atoms with Gasteiger partial charge in [0.15, 0.2) is 0 Å². The molecular formula is C18H21ClN2O3S2. The lowest BCUT2D eigenvalue weighted by Gasteiger charge is -2.28. The molecule has 1 aromatic carbocycles. The fraction of sp³-hybridized carbons (Fsp3) is 0.389. The van der Waals surface area contributed by atoms with E-state index in [9.17, 15) is 13.2 Å². The second kappa shape index (κ2) is 8.08. The molecule has 0 atom stereocenters. The molecule has 1 aliphatic rings. The maximum absolute atomic E-state index is 12.7. The van der Waals surface area contributed by atoms with Crippen LogP contribution in [0.2, 0.25) is 5.02 Å². The van der Waals surface area contributed by atoms with Crippen molar-refractivity contribution in [1.29, 1.82) is 0 Å². The minimum absolute atomic E-state index is 0.222. The van der Waals surface area contributed by atoms with E-state index >= 15 is 0 Å². The maximum atomic E-state index is 12.7. The van der Waals surface area contributed by atoms with Crippen LogP contribution in [-0.4, -0.2) is 31.7 Å². The summed E-state index contributed by atoms with van der Waals surface area (Å²) in [5, 5.41) is 3.41. The summed E-state index contributed by atoms with van der Waals surface area (Å²) < 4.78 is 27.2. The number of halogens is 1. The van der Waals surface area contributed by atoms with Gasteiger partial charge in [-0.15, -0.1) is 11.3 Å². The molecular weight excluding hydrogens is 392 g/mol. The first-order valence-electron chi connectivity index (χ1n) is 8.49. The highest BCUT2D eigenvalue weighted by molar-refractivity contribution is 7.91. The van der Waals surface area contributed by atoms with Gasteiger partial charge in [-0.25, -0.2) is 8.42 Å². The van der Waals surface area contributed by atoms with Crippen LogP contribution in [0.1, 0.15) is 35.0 Å². The van der Waals surface area contributed by atoms with Crippen molar-refractivity contribution < 1.29 is 13.2 Å². The SMILES string of the molecule is CC1CCN(S(=O)(=O)c2ccc(C(=O)NCc3cccc(Cl)c3)s2)CC1. The summed E-state index contributed by atoms with van der Waals surface area (Å²) in [5.41, 5.74) is 0.887. The number of hydrogen-bond acceptors (Lipinski definition) is 4. The molecule has 8 heteroatoms. The molecule has 0 aliphatic carbocycles. The van der Waals surface area contributed by atoms with Gasteiger partial charge in [0.25, 0.3) is 15.9 Å². The maximum Gasteiger partial charge on any atom is 0.261 e. The number of amides is 1. The third kappa shape index (κ3) is 4.46. The van der Waals surface area contributed by atoms with Gasteiger partial charge in [0.2, 0.25) is 0 Å². The average Bonchev–Trinajstić information content (AvgIpc) is 3.11. The lowest BCUT2D eigenvalue weighted by Crippen LogP contribution is -2.37. The molecule has 2 heterocycles. The molecule has 26 heavy (non-hydrogen) atoms. The molecule has 1 fully saturated rings. The van der Waals surface area contributed by atoms with E-state index < -0.39 is 10.0 Å². The number of carbonyl (C=O) groups excluding carboxylic acids is 1. The van der Waals surface area contributed by atoms with E-state index in [0.29, 0.717) is 35.5 Å². The van der Waals surface area contributed by atoms with E-state index in [0.717, 1.165) is 29.7 Å². The quantitative estimate of drug-likeness (QED) is 0.813. The number of hydrogen-bond donors (Lipinski definition) is 1. The van der Waals surface area contributed by atoms with Gasteiger partial charge in [-0.05, 0) is 48.6 Å². The zero-order valence-electron chi connectivity index (χ0n) is 14.4. The lowest BCUT2D eigenvalue weighted by atomic mass is 10.0. The number of benzene rings is 1. The van der Waals surface area contributed by atoms with Crippen molar-refractivity contribution in [1.82, 2.24) is 9.62 Å². The zero-order valence-corrected chi connectivity index (χ0v) is 16.8. The first kappa shape index (κ1) is 19.4. The molecule has 0 bridgehead atoms. The van der Waals surface area contributed by atoms with Gasteiger partial charge >= 0.3 is 0 Å². The summed E-state index contributed by atoms with van der Waals surface area (Å²) >= 11 is 6.94. The van der Waals surface area contributed by atoms with E-state index in [4.69, 9.17) is 11.6 Å². The normalized spacial score (nSPS) is 16.5. The molecule has 0 saturated carbocycles. The average molecular weight is 413 g/mol. The third-order valence-corrected chi connectivity index (χ3v) is 8.17. The lowest BCUT2D eigenvalue weighted by molar-refractivity contribution is 0.0955. The van der Waals surface area contributed by atoms with Crippen LogP contribution < -0.4 is 5.32 Å². The smallest absolute Gasteiger partial charge is 0.261 e. The zero-order chi connectivity index (χ0) is 18.7. The molecule has 1 saturated heterocycles. The monoisotopic (exact) mass is 412 g/mol. The Morgan fingerprint density at radius 2 is 2.00 bits per heavy atom. The fourth-order valence-electron chi connectivity index (χ4n) is 2.85. The summed E-state index contributed by atoms with van der Waals surface area (Å²) in [6.07, 6.45) is 1.75. The topological polar surface area (TPSA) is 66.5 Å². The Kier molecular flexibility index (Phi) is 6.02. The number of sulfonamides is 1. The highest BCUT2D eigenvalue weighted by Crippen LogP contribution is 2.28. The van der Waals surface area contributed by atoms with Crippen molar-refractivity contribution in [2.75, 3.05) is 13.1 Å². The van der Waals surface area contributed by atoms with Crippen LogP contribution in [0.25, 0.3) is 0 Å². The van der Waals surface area contributed by atoms with Crippen LogP contribution in [0.3, 0.4) is 0 Å². The number of nitrogens with zero attached hydrogens (tertiary/aromatic N) is 1. The van der Waals surface area contributed by atoms with Crippen molar-refractivity contribution >= 4 is 38.9 Å². The van der Waals surface area contributed by atoms with Crippen LogP contribution in [0.5, 0.6) is 0 Å². The van der Waals surface area contributed by atoms with E-state index in [2.05, 4.69) is 12.2 Å². The minimum atomic E-state index is -3.52. The van der Waals surface area contributed by atoms with Gasteiger partial charge in [0.1, 0.15) is 4.21 Å². The summed E-state index contributed by atoms with van der Waals surface area (Å²) in [4.78, 5) is 12.7. The highest BCUT2D eigenvalue weighted by Gasteiger charge is 2.29. The van der Waals surface area contributed by atoms with E-state index in [1.807, 2.05) is 12.1 Å². The molecule has 140 valence electrons. The summed E-state index contributed by atoms with van der Waals surface area (Å²) in [5.74, 6) is 0.265. The van der Waals surface area contributed by atoms with Crippen LogP contribution in [0, 0.1) is 5.92 Å². The number of nitrogens with one attached hydrogen (secondary N) is 1. The Hall–Kier alpha value is -1.41. The Morgan fingerprint density at radius 1 is 1.27 bits per heavy atom. The minimum Gasteiger partial charge on any atom is -0.347 e. The summed E-state index contributed by atoms with van der Waals surface area (Å²) in [7, 11) is -3.52. The first-order valence-corrected chi connectivity index (χ1v) is 11.1. The Morgan fingerprint density at radius 3 is 2.69 bits per heavy atom. The van der Waals surface area contributed by atoms with Gasteiger partial charge in [0.05, 0.1) is 4.88 Å². The van der Waals surface area contributed by atoms with Crippen LogP contribution >= 0.6 is 22.9 Å². The van der Waals surface area contributed by atoms with E-state index in [1.165, 1.54) is 10.4 Å². The summed E-state index contributed by atoms with van der Waals surface area (Å²) in [6.45, 7) is 3.55. The van der Waals surface area contributed by atoms with Crippen molar-refractivity contribution in [3.8, 4) is 0 Å². The Balaban J connectivity index is 1.66. The number of piperidine rings is 1. The van der Waals surface area contributed by atoms with Gasteiger partial charge in [0, 0.05) is 24.7 Å². The van der Waals surface area contributed by atoms with Gasteiger partial charge in [-0.1, -0.05) is 30.7 Å². The van der Waals surface area contributed by atoms with Crippen molar-refractivity contribution in [3.05, 3.63) is 51.9 Å². The van der Waals surface area contributed by atoms with Crippen molar-refractivity contribution in [3.63, 3.8) is 0 Å². The third-order valence-electron chi connectivity index (χ3n) is 4.48. The summed E-state index contributed by atoms with van der Waals surface area (Å²) in [6, 6.07) is 10.3. The highest BCUT2D eigenvalue weighted by atomic mass is 35.5. The van der Waals surface area contributed by atoms with E-state index in [1.54, 1.807) is 18.2 Å². The van der Waals surface area contributed by atoms with Gasteiger partial charge in [-0.3, -0.25) is 4.79 Å². The van der Waals surface area contributed by atoms with Crippen LogP contribution in [0.4, 0.5) is 0 Å². The standard InChI is InChI=1S/C18H21ClN2O3S2/c1-13-7-9-21(10-8-13)26(23,24)17-6-5-16(25-17)18(22)20-12-14-3-2-4-15(19)11-14/h2-6,11,13H,7-10,12H2,1H3,(H,20,22). The van der Waals surface area contributed by atoms with Crippen LogP contribution in [-0.2, 0) is 16.6 Å². The predicted molar refractivity (Wildman–Crippen MR) is 104 cm³/mol. The van der Waals surface area contributed by atoms with Crippen LogP contribution in [0.15, 0.2) is 40.6 Å². The van der Waals surface area contributed by atoms with Gasteiger partial charge < -0.3 is 5.32 Å². The molecule has 0 spiro atoms. The number of thiophene rings is 1. The molecule has 5 nitrogen and oxygen atoms in total. The second-order valence-corrected chi connectivity index (χ2v) is 10.2. The Labute approximate surface area is 163 Å². The van der Waals surface area contributed by atoms with E-state index in [-0.39, 0.29) is 10.1 Å². The Bertz CT molecular complexity index is 887. The fourth-order valence-corrected chi connectivity index (χ4v) is 5.91. The number of rotatable bonds is 5. The molecule has 3 rings (SSSR count). The molecule has 1 aliphatic heterocycles. The number of carbonyl (C=O) groups is 1. The largest absolute Gasteiger partial charge is 0.347 e. The molecule has 1 amide bonds. The van der Waals surface area contributed by atoms with Gasteiger partial charge in [-0.2, -0.15) is 4.31 Å². The van der Waals surface area contributed by atoms with Crippen molar-refractivity contribution in [2.24, 2.45) is 5.92 Å². The molecule has 1 N–H and O–H groups in total. The van der Waals surface area contributed by atoms with Crippen molar-refractivity contribution in [2.45, 2.75) is 30.5 Å².